The number of ether oxygens (including phenoxy) is 2. The van der Waals surface area contributed by atoms with Crippen LogP contribution < -0.4 is 0 Å². The molecule has 2 unspecified atom stereocenters. The molecule has 1 aliphatic heterocycles. The van der Waals surface area contributed by atoms with Gasteiger partial charge in [-0.15, -0.1) is 0 Å². The summed E-state index contributed by atoms with van der Waals surface area (Å²) in [6, 6.07) is 16.9. The number of nitro benzene ring substituents is 1. The molecule has 9 nitrogen and oxygen atoms in total. The summed E-state index contributed by atoms with van der Waals surface area (Å²) in [5.41, 5.74) is 2.48. The zero-order valence-corrected chi connectivity index (χ0v) is 20.2. The fraction of sp³-hybridized carbons (Fsp3) is 0.333. The maximum absolute atomic E-state index is 13.5. The van der Waals surface area contributed by atoms with Crippen LogP contribution in [0, 0.1) is 27.4 Å². The average Bonchev–Trinajstić information content (AvgIpc) is 2.91. The topological polar surface area (TPSA) is 132 Å². The molecule has 0 amide bonds. The first kappa shape index (κ1) is 26.3. The van der Waals surface area contributed by atoms with E-state index in [1.165, 1.54) is 24.3 Å². The van der Waals surface area contributed by atoms with Gasteiger partial charge in [0.1, 0.15) is 19.1 Å². The second kappa shape index (κ2) is 12.4. The lowest BCUT2D eigenvalue weighted by molar-refractivity contribution is -0.384. The standard InChI is InChI=1S/C27H27N3O6/c1-3-21-24(26(31)35-16-8-15-28)23(19-11-13-20(14-12-19)30(33)34)25(22(4-2)29-21)27(32)36-17-18-9-6-5-7-10-18/h5-7,9-14,23-24H,3-4,8,16-17H2,1-2H3. The monoisotopic (exact) mass is 489 g/mol. The summed E-state index contributed by atoms with van der Waals surface area (Å²) in [5, 5.41) is 20.0. The van der Waals surface area contributed by atoms with Crippen molar-refractivity contribution in [3.05, 3.63) is 87.1 Å². The Morgan fingerprint density at radius 3 is 2.33 bits per heavy atom. The van der Waals surface area contributed by atoms with E-state index in [0.29, 0.717) is 29.8 Å². The molecule has 0 saturated heterocycles. The highest BCUT2D eigenvalue weighted by atomic mass is 16.6. The number of hydrogen-bond acceptors (Lipinski definition) is 8. The van der Waals surface area contributed by atoms with Gasteiger partial charge in [0.05, 0.1) is 28.7 Å². The van der Waals surface area contributed by atoms with Gasteiger partial charge in [0, 0.05) is 23.8 Å². The average molecular weight is 490 g/mol. The SMILES string of the molecule is CCC1=NC(CC)=C(C(=O)OCc2ccccc2)C(c2ccc([N+](=O)[O-])cc2)C1C(=O)OCCC#N. The summed E-state index contributed by atoms with van der Waals surface area (Å²) >= 11 is 0. The van der Waals surface area contributed by atoms with Crippen LogP contribution in [-0.4, -0.2) is 29.2 Å². The third kappa shape index (κ3) is 6.02. The number of carbonyl (C=O) groups is 2. The van der Waals surface area contributed by atoms with Crippen molar-refractivity contribution in [2.24, 2.45) is 10.9 Å². The van der Waals surface area contributed by atoms with Gasteiger partial charge in [-0.05, 0) is 24.0 Å². The van der Waals surface area contributed by atoms with Gasteiger partial charge in [0.15, 0.2) is 0 Å². The Hall–Kier alpha value is -4.32. The predicted molar refractivity (Wildman–Crippen MR) is 132 cm³/mol. The number of nitro groups is 1. The molecule has 0 aromatic heterocycles. The van der Waals surface area contributed by atoms with Crippen molar-refractivity contribution in [1.82, 2.24) is 0 Å². The van der Waals surface area contributed by atoms with E-state index in [1.807, 2.05) is 50.2 Å². The van der Waals surface area contributed by atoms with Crippen molar-refractivity contribution in [2.45, 2.75) is 45.6 Å². The Kier molecular flexibility index (Phi) is 9.06. The van der Waals surface area contributed by atoms with E-state index >= 15 is 0 Å². The number of non-ortho nitro benzene ring substituents is 1. The minimum absolute atomic E-state index is 0.0291. The highest BCUT2D eigenvalue weighted by Crippen LogP contribution is 2.42. The summed E-state index contributed by atoms with van der Waals surface area (Å²) in [5.74, 6) is -2.98. The van der Waals surface area contributed by atoms with Crippen LogP contribution >= 0.6 is 0 Å². The fourth-order valence-electron chi connectivity index (χ4n) is 4.18. The van der Waals surface area contributed by atoms with Gasteiger partial charge in [-0.1, -0.05) is 56.3 Å². The Balaban J connectivity index is 2.08. The van der Waals surface area contributed by atoms with Crippen molar-refractivity contribution in [2.75, 3.05) is 6.61 Å². The molecular weight excluding hydrogens is 462 g/mol. The molecule has 3 rings (SSSR count). The van der Waals surface area contributed by atoms with Gasteiger partial charge in [0.25, 0.3) is 5.69 Å². The maximum atomic E-state index is 13.5. The van der Waals surface area contributed by atoms with Crippen molar-refractivity contribution < 1.29 is 24.0 Å². The second-order valence-corrected chi connectivity index (χ2v) is 8.11. The molecule has 9 heteroatoms. The number of benzene rings is 2. The molecule has 186 valence electrons. The van der Waals surface area contributed by atoms with E-state index in [9.17, 15) is 19.7 Å². The van der Waals surface area contributed by atoms with E-state index in [-0.39, 0.29) is 30.9 Å². The molecule has 0 N–H and O–H groups in total. The minimum atomic E-state index is -0.940. The lowest BCUT2D eigenvalue weighted by Gasteiger charge is -2.33. The van der Waals surface area contributed by atoms with Gasteiger partial charge >= 0.3 is 11.9 Å². The van der Waals surface area contributed by atoms with Gasteiger partial charge in [-0.3, -0.25) is 19.9 Å². The summed E-state index contributed by atoms with van der Waals surface area (Å²) in [7, 11) is 0. The van der Waals surface area contributed by atoms with Crippen molar-refractivity contribution in [3.63, 3.8) is 0 Å². The molecule has 0 radical (unpaired) electrons. The van der Waals surface area contributed by atoms with Crippen LogP contribution in [0.25, 0.3) is 0 Å². The van der Waals surface area contributed by atoms with E-state index < -0.39 is 28.7 Å². The van der Waals surface area contributed by atoms with E-state index in [4.69, 9.17) is 14.7 Å². The van der Waals surface area contributed by atoms with Crippen LogP contribution in [-0.2, 0) is 25.7 Å². The van der Waals surface area contributed by atoms with E-state index in [2.05, 4.69) is 4.99 Å². The third-order valence-electron chi connectivity index (χ3n) is 5.90. The van der Waals surface area contributed by atoms with Crippen molar-refractivity contribution in [3.8, 4) is 6.07 Å². The molecule has 0 saturated carbocycles. The Morgan fingerprint density at radius 2 is 1.75 bits per heavy atom. The first-order valence-corrected chi connectivity index (χ1v) is 11.7. The molecule has 36 heavy (non-hydrogen) atoms. The molecule has 1 heterocycles. The minimum Gasteiger partial charge on any atom is -0.464 e. The molecule has 1 aliphatic rings. The van der Waals surface area contributed by atoms with Crippen LogP contribution in [0.1, 0.15) is 50.2 Å². The quantitative estimate of drug-likeness (QED) is 0.198. The van der Waals surface area contributed by atoms with Crippen molar-refractivity contribution >= 4 is 23.3 Å². The molecule has 2 aromatic rings. The Morgan fingerprint density at radius 1 is 1.06 bits per heavy atom. The van der Waals surface area contributed by atoms with Crippen molar-refractivity contribution in [1.29, 1.82) is 5.26 Å². The van der Waals surface area contributed by atoms with E-state index in [1.54, 1.807) is 0 Å². The fourth-order valence-corrected chi connectivity index (χ4v) is 4.18. The number of hydrogen-bond donors (Lipinski definition) is 0. The van der Waals surface area contributed by atoms with Crippen LogP contribution in [0.5, 0.6) is 0 Å². The van der Waals surface area contributed by atoms with Crippen LogP contribution in [0.2, 0.25) is 0 Å². The molecule has 0 bridgehead atoms. The first-order chi connectivity index (χ1) is 17.4. The molecule has 2 aromatic carbocycles. The number of allylic oxidation sites excluding steroid dienone is 1. The van der Waals surface area contributed by atoms with Crippen LogP contribution in [0.4, 0.5) is 5.69 Å². The highest BCUT2D eigenvalue weighted by molar-refractivity contribution is 6.07. The number of aliphatic imine (C=N–C) groups is 1. The zero-order valence-electron chi connectivity index (χ0n) is 20.2. The lowest BCUT2D eigenvalue weighted by atomic mass is 9.74. The summed E-state index contributed by atoms with van der Waals surface area (Å²) in [6.07, 6.45) is 0.873. The summed E-state index contributed by atoms with van der Waals surface area (Å²) in [6.45, 7) is 3.66. The maximum Gasteiger partial charge on any atom is 0.336 e. The lowest BCUT2D eigenvalue weighted by Crippen LogP contribution is -2.37. The summed E-state index contributed by atoms with van der Waals surface area (Å²) in [4.78, 5) is 42.1. The second-order valence-electron chi connectivity index (χ2n) is 8.11. The molecular formula is C27H27N3O6. The molecule has 2 atom stereocenters. The smallest absolute Gasteiger partial charge is 0.336 e. The van der Waals surface area contributed by atoms with Gasteiger partial charge in [-0.2, -0.15) is 5.26 Å². The third-order valence-corrected chi connectivity index (χ3v) is 5.90. The Labute approximate surface area is 209 Å². The number of esters is 2. The number of nitriles is 1. The van der Waals surface area contributed by atoms with Gasteiger partial charge in [-0.25, -0.2) is 4.79 Å². The van der Waals surface area contributed by atoms with Gasteiger partial charge in [0.2, 0.25) is 0 Å². The molecule has 0 aliphatic carbocycles. The highest BCUT2D eigenvalue weighted by Gasteiger charge is 2.43. The number of nitrogens with zero attached hydrogens (tertiary/aromatic N) is 3. The van der Waals surface area contributed by atoms with Crippen LogP contribution in [0.15, 0.2) is 70.9 Å². The summed E-state index contributed by atoms with van der Waals surface area (Å²) < 4.78 is 11.0. The number of rotatable bonds is 10. The molecule has 0 fully saturated rings. The van der Waals surface area contributed by atoms with E-state index in [0.717, 1.165) is 5.56 Å². The van der Waals surface area contributed by atoms with Crippen LogP contribution in [0.3, 0.4) is 0 Å². The molecule has 0 spiro atoms. The van der Waals surface area contributed by atoms with Gasteiger partial charge < -0.3 is 9.47 Å². The zero-order chi connectivity index (χ0) is 26.1. The number of carbonyl (C=O) groups excluding carboxylic acids is 2. The first-order valence-electron chi connectivity index (χ1n) is 11.7. The Bertz CT molecular complexity index is 1210. The normalized spacial score (nSPS) is 17.1. The predicted octanol–water partition coefficient (Wildman–Crippen LogP) is 5.02. The largest absolute Gasteiger partial charge is 0.464 e.